The molecular formula is C17H25N5O3. The van der Waals surface area contributed by atoms with Crippen LogP contribution >= 0.6 is 0 Å². The van der Waals surface area contributed by atoms with Gasteiger partial charge >= 0.3 is 6.09 Å². The Balaban J connectivity index is 1.91. The van der Waals surface area contributed by atoms with Crippen LogP contribution in [0.25, 0.3) is 11.5 Å². The molecule has 2 aromatic rings. The van der Waals surface area contributed by atoms with Gasteiger partial charge in [-0.1, -0.05) is 6.92 Å². The molecule has 1 atom stereocenters. The molecule has 1 unspecified atom stereocenters. The molecule has 8 nitrogen and oxygen atoms in total. The normalized spacial score (nSPS) is 12.7. The molecule has 0 spiro atoms. The minimum atomic E-state index is -0.906. The molecule has 0 saturated carbocycles. The first-order valence-corrected chi connectivity index (χ1v) is 8.18. The van der Waals surface area contributed by atoms with E-state index in [1.807, 2.05) is 39.8 Å². The summed E-state index contributed by atoms with van der Waals surface area (Å²) in [4.78, 5) is 17.2. The third kappa shape index (κ3) is 5.17. The molecule has 0 aliphatic rings. The number of amides is 1. The van der Waals surface area contributed by atoms with Gasteiger partial charge in [0, 0.05) is 31.7 Å². The van der Waals surface area contributed by atoms with E-state index >= 15 is 0 Å². The summed E-state index contributed by atoms with van der Waals surface area (Å²) >= 11 is 0. The molecule has 2 heterocycles. The Hall–Kier alpha value is -2.64. The Morgan fingerprint density at radius 3 is 2.56 bits per heavy atom. The summed E-state index contributed by atoms with van der Waals surface area (Å²) in [6, 6.07) is 3.69. The molecule has 2 rings (SSSR count). The first-order chi connectivity index (χ1) is 11.7. The van der Waals surface area contributed by atoms with Crippen LogP contribution in [-0.2, 0) is 0 Å². The van der Waals surface area contributed by atoms with Crippen molar-refractivity contribution < 1.29 is 14.3 Å². The van der Waals surface area contributed by atoms with Gasteiger partial charge in [0.15, 0.2) is 0 Å². The van der Waals surface area contributed by atoms with E-state index in [1.165, 1.54) is 4.90 Å². The van der Waals surface area contributed by atoms with Crippen molar-refractivity contribution in [2.45, 2.75) is 40.2 Å². The van der Waals surface area contributed by atoms with Gasteiger partial charge in [-0.05, 0) is 38.8 Å². The number of pyridine rings is 1. The third-order valence-corrected chi connectivity index (χ3v) is 3.70. The van der Waals surface area contributed by atoms with E-state index in [4.69, 9.17) is 4.42 Å². The van der Waals surface area contributed by atoms with Gasteiger partial charge in [-0.25, -0.2) is 9.78 Å². The quantitative estimate of drug-likeness (QED) is 0.826. The maximum atomic E-state index is 11.4. The summed E-state index contributed by atoms with van der Waals surface area (Å²) in [6.07, 6.45) is 0.759. The minimum absolute atomic E-state index is 0.135. The fourth-order valence-corrected chi connectivity index (χ4v) is 2.33. The lowest BCUT2D eigenvalue weighted by atomic mass is 10.0. The number of nitrogens with one attached hydrogen (secondary N) is 1. The van der Waals surface area contributed by atoms with Gasteiger partial charge in [-0.3, -0.25) is 0 Å². The number of nitrogens with zero attached hydrogens (tertiary/aromatic N) is 4. The van der Waals surface area contributed by atoms with Crippen molar-refractivity contribution in [3.8, 4) is 11.5 Å². The lowest BCUT2D eigenvalue weighted by Gasteiger charge is -2.35. The summed E-state index contributed by atoms with van der Waals surface area (Å²) in [6.45, 7) is 10.5. The van der Waals surface area contributed by atoms with Gasteiger partial charge in [-0.2, -0.15) is 0 Å². The molecular weight excluding hydrogens is 322 g/mol. The topological polar surface area (TPSA) is 104 Å². The predicted octanol–water partition coefficient (Wildman–Crippen LogP) is 3.27. The number of hydrogen-bond donors (Lipinski definition) is 2. The van der Waals surface area contributed by atoms with Gasteiger partial charge in [0.1, 0.15) is 5.82 Å². The van der Waals surface area contributed by atoms with Gasteiger partial charge in [0.2, 0.25) is 11.8 Å². The zero-order valence-electron chi connectivity index (χ0n) is 15.3. The standard InChI is InChI=1S/C17H25N5O3/c1-11(10-22(16(23)24)17(3,4)5)8-18-14-7-6-13(9-19-14)15-21-20-12(2)25-15/h6-7,9,11H,8,10H2,1-5H3,(H,18,19)(H,23,24). The van der Waals surface area contributed by atoms with E-state index in [0.29, 0.717) is 30.7 Å². The third-order valence-electron chi connectivity index (χ3n) is 3.70. The van der Waals surface area contributed by atoms with Crippen molar-refractivity contribution in [1.29, 1.82) is 0 Å². The van der Waals surface area contributed by atoms with Crippen LogP contribution in [0.3, 0.4) is 0 Å². The number of aryl methyl sites for hydroxylation is 1. The molecule has 0 fully saturated rings. The molecule has 8 heteroatoms. The maximum Gasteiger partial charge on any atom is 0.407 e. The molecule has 0 bridgehead atoms. The number of aromatic nitrogens is 3. The minimum Gasteiger partial charge on any atom is -0.465 e. The molecule has 0 aliphatic heterocycles. The molecule has 2 N–H and O–H groups in total. The van der Waals surface area contributed by atoms with Crippen LogP contribution in [0.1, 0.15) is 33.6 Å². The highest BCUT2D eigenvalue weighted by molar-refractivity contribution is 5.66. The second-order valence-corrected chi connectivity index (χ2v) is 7.11. The van der Waals surface area contributed by atoms with E-state index in [1.54, 1.807) is 13.1 Å². The van der Waals surface area contributed by atoms with Crippen molar-refractivity contribution in [2.24, 2.45) is 5.92 Å². The van der Waals surface area contributed by atoms with Crippen LogP contribution in [0.4, 0.5) is 10.6 Å². The first-order valence-electron chi connectivity index (χ1n) is 8.18. The molecule has 1 amide bonds. The number of rotatable bonds is 6. The average Bonchev–Trinajstić information content (AvgIpc) is 2.96. The lowest BCUT2D eigenvalue weighted by Crippen LogP contribution is -2.47. The van der Waals surface area contributed by atoms with Crippen LogP contribution in [0, 0.1) is 12.8 Å². The van der Waals surface area contributed by atoms with Crippen LogP contribution in [0.2, 0.25) is 0 Å². The Morgan fingerprint density at radius 1 is 1.36 bits per heavy atom. The predicted molar refractivity (Wildman–Crippen MR) is 94.4 cm³/mol. The van der Waals surface area contributed by atoms with Gasteiger partial charge < -0.3 is 19.7 Å². The summed E-state index contributed by atoms with van der Waals surface area (Å²) in [7, 11) is 0. The molecule has 2 aromatic heterocycles. The van der Waals surface area contributed by atoms with Crippen LogP contribution < -0.4 is 5.32 Å². The zero-order chi connectivity index (χ0) is 18.6. The fourth-order valence-electron chi connectivity index (χ4n) is 2.33. The maximum absolute atomic E-state index is 11.4. The SMILES string of the molecule is Cc1nnc(-c2ccc(NCC(C)CN(C(=O)O)C(C)(C)C)nc2)o1. The Kier molecular flexibility index (Phi) is 5.61. The van der Waals surface area contributed by atoms with Gasteiger partial charge in [0.05, 0.1) is 5.56 Å². The highest BCUT2D eigenvalue weighted by Gasteiger charge is 2.27. The van der Waals surface area contributed by atoms with Crippen molar-refractivity contribution in [2.75, 3.05) is 18.4 Å². The zero-order valence-corrected chi connectivity index (χ0v) is 15.3. The van der Waals surface area contributed by atoms with Crippen molar-refractivity contribution in [3.63, 3.8) is 0 Å². The summed E-state index contributed by atoms with van der Waals surface area (Å²) in [5.41, 5.74) is 0.325. The Morgan fingerprint density at radius 2 is 2.08 bits per heavy atom. The fraction of sp³-hybridized carbons (Fsp3) is 0.529. The van der Waals surface area contributed by atoms with E-state index < -0.39 is 11.6 Å². The Bertz CT molecular complexity index is 706. The summed E-state index contributed by atoms with van der Waals surface area (Å²) < 4.78 is 5.36. The van der Waals surface area contributed by atoms with Gasteiger partial charge in [-0.15, -0.1) is 10.2 Å². The number of carbonyl (C=O) groups is 1. The summed E-state index contributed by atoms with van der Waals surface area (Å²) in [5, 5.41) is 20.3. The second-order valence-electron chi connectivity index (χ2n) is 7.11. The highest BCUT2D eigenvalue weighted by atomic mass is 16.4. The first kappa shape index (κ1) is 18.7. The molecule has 0 aromatic carbocycles. The largest absolute Gasteiger partial charge is 0.465 e. The summed E-state index contributed by atoms with van der Waals surface area (Å²) in [5.74, 6) is 1.79. The molecule has 0 radical (unpaired) electrons. The average molecular weight is 347 g/mol. The van der Waals surface area contributed by atoms with Crippen molar-refractivity contribution in [3.05, 3.63) is 24.2 Å². The van der Waals surface area contributed by atoms with Crippen LogP contribution in [0.15, 0.2) is 22.7 Å². The molecule has 25 heavy (non-hydrogen) atoms. The lowest BCUT2D eigenvalue weighted by molar-refractivity contribution is 0.0917. The van der Waals surface area contributed by atoms with E-state index in [9.17, 15) is 9.90 Å². The van der Waals surface area contributed by atoms with Crippen LogP contribution in [-0.4, -0.2) is 49.9 Å². The van der Waals surface area contributed by atoms with E-state index in [0.717, 1.165) is 5.56 Å². The second kappa shape index (κ2) is 7.50. The van der Waals surface area contributed by atoms with Crippen molar-refractivity contribution in [1.82, 2.24) is 20.1 Å². The van der Waals surface area contributed by atoms with Crippen molar-refractivity contribution >= 4 is 11.9 Å². The molecule has 0 aliphatic carbocycles. The number of hydrogen-bond acceptors (Lipinski definition) is 6. The number of anilines is 1. The van der Waals surface area contributed by atoms with Gasteiger partial charge in [0.25, 0.3) is 0 Å². The highest BCUT2D eigenvalue weighted by Crippen LogP contribution is 2.19. The van der Waals surface area contributed by atoms with E-state index in [2.05, 4.69) is 20.5 Å². The smallest absolute Gasteiger partial charge is 0.407 e. The Labute approximate surface area is 147 Å². The van der Waals surface area contributed by atoms with Crippen LogP contribution in [0.5, 0.6) is 0 Å². The molecule has 136 valence electrons. The number of carboxylic acid groups (broad SMARTS) is 1. The monoisotopic (exact) mass is 347 g/mol. The van der Waals surface area contributed by atoms with E-state index in [-0.39, 0.29) is 5.92 Å². The molecule has 0 saturated heterocycles.